The molecule has 2 N–H and O–H groups in total. The fraction of sp³-hybridized carbons (Fsp3) is 0.483. The van der Waals surface area contributed by atoms with Crippen LogP contribution in [0.5, 0.6) is 5.75 Å². The number of benzene rings is 2. The Balaban J connectivity index is 1.05. The first kappa shape index (κ1) is 29.4. The molecule has 3 heterocycles. The van der Waals surface area contributed by atoms with Gasteiger partial charge in [-0.25, -0.2) is 0 Å². The first-order valence-corrected chi connectivity index (χ1v) is 15.2. The van der Waals surface area contributed by atoms with E-state index in [2.05, 4.69) is 36.9 Å². The average Bonchev–Trinajstić information content (AvgIpc) is 3.30. The van der Waals surface area contributed by atoms with Crippen molar-refractivity contribution < 1.29 is 19.5 Å². The molecule has 2 aromatic carbocycles. The van der Waals surface area contributed by atoms with Crippen molar-refractivity contribution in [3.8, 4) is 5.75 Å². The van der Waals surface area contributed by atoms with Crippen LogP contribution in [0.15, 0.2) is 18.2 Å². The van der Waals surface area contributed by atoms with E-state index in [0.29, 0.717) is 24.3 Å². The van der Waals surface area contributed by atoms with Crippen LogP contribution in [0, 0.1) is 0 Å². The Kier molecular flexibility index (Phi) is 8.88. The molecule has 2 saturated heterocycles. The summed E-state index contributed by atoms with van der Waals surface area (Å²) in [6.45, 7) is 5.72. The van der Waals surface area contributed by atoms with Crippen molar-refractivity contribution in [1.82, 2.24) is 15.1 Å². The Labute approximate surface area is 246 Å². The molecule has 0 bridgehead atoms. The molecule has 0 saturated carbocycles. The summed E-state index contributed by atoms with van der Waals surface area (Å²) in [6, 6.07) is 5.35. The number of piperazine rings is 1. The van der Waals surface area contributed by atoms with Gasteiger partial charge in [0.1, 0.15) is 43.2 Å². The van der Waals surface area contributed by atoms with Crippen LogP contribution in [0.1, 0.15) is 60.0 Å². The number of aromatic hydroxyl groups is 1. The molecule has 0 aliphatic carbocycles. The van der Waals surface area contributed by atoms with Crippen molar-refractivity contribution in [2.45, 2.75) is 57.5 Å². The maximum absolute atomic E-state index is 13.1. The molecule has 3 aliphatic rings. The molecular formula is C29H40B4N4O4. The summed E-state index contributed by atoms with van der Waals surface area (Å²) in [4.78, 5) is 43.7. The molecule has 8 nitrogen and oxygen atoms in total. The summed E-state index contributed by atoms with van der Waals surface area (Å²) in [6.07, 6.45) is 6.20. The first-order chi connectivity index (χ1) is 19.7. The van der Waals surface area contributed by atoms with Crippen LogP contribution >= 0.6 is 0 Å². The Bertz CT molecular complexity index is 1330. The number of nitrogens with one attached hydrogen (secondary N) is 1. The van der Waals surface area contributed by atoms with Crippen LogP contribution in [0.4, 0.5) is 5.69 Å². The minimum Gasteiger partial charge on any atom is -0.509 e. The third-order valence-corrected chi connectivity index (χ3v) is 9.58. The highest BCUT2D eigenvalue weighted by Crippen LogP contribution is 2.30. The van der Waals surface area contributed by atoms with Gasteiger partial charge in [-0.2, -0.15) is 0 Å². The van der Waals surface area contributed by atoms with Gasteiger partial charge >= 0.3 is 0 Å². The lowest BCUT2D eigenvalue weighted by Crippen LogP contribution is -2.53. The number of imide groups is 1. The number of carbonyl (C=O) groups is 3. The minimum atomic E-state index is -0.565. The Morgan fingerprint density at radius 3 is 2.24 bits per heavy atom. The van der Waals surface area contributed by atoms with Gasteiger partial charge in [0.05, 0.1) is 0 Å². The van der Waals surface area contributed by atoms with Gasteiger partial charge in [0, 0.05) is 50.4 Å². The number of rotatable bonds is 9. The molecule has 2 aromatic rings. The summed E-state index contributed by atoms with van der Waals surface area (Å²) >= 11 is 0. The predicted molar refractivity (Wildman–Crippen MR) is 174 cm³/mol. The van der Waals surface area contributed by atoms with Crippen molar-refractivity contribution in [3.63, 3.8) is 0 Å². The van der Waals surface area contributed by atoms with Crippen molar-refractivity contribution in [2.75, 3.05) is 37.6 Å². The fourth-order valence-corrected chi connectivity index (χ4v) is 6.83. The molecule has 0 aromatic heterocycles. The third kappa shape index (κ3) is 5.94. The summed E-state index contributed by atoms with van der Waals surface area (Å²) < 4.78 is 0. The van der Waals surface area contributed by atoms with Crippen LogP contribution in [0.3, 0.4) is 0 Å². The van der Waals surface area contributed by atoms with E-state index in [9.17, 15) is 19.5 Å². The monoisotopic (exact) mass is 552 g/mol. The smallest absolute Gasteiger partial charge is 0.255 e. The van der Waals surface area contributed by atoms with Crippen molar-refractivity contribution in [3.05, 3.63) is 34.9 Å². The lowest BCUT2D eigenvalue weighted by Gasteiger charge is -2.38. The number of hydrogen-bond acceptors (Lipinski definition) is 6. The van der Waals surface area contributed by atoms with Crippen molar-refractivity contribution >= 4 is 76.6 Å². The fourth-order valence-electron chi connectivity index (χ4n) is 6.83. The number of amides is 3. The predicted octanol–water partition coefficient (Wildman–Crippen LogP) is -3.89. The zero-order valence-corrected chi connectivity index (χ0v) is 25.0. The molecule has 212 valence electrons. The zero-order valence-electron chi connectivity index (χ0n) is 25.0. The average molecular weight is 552 g/mol. The van der Waals surface area contributed by atoms with E-state index in [1.54, 1.807) is 4.90 Å². The number of anilines is 1. The van der Waals surface area contributed by atoms with E-state index >= 15 is 0 Å². The minimum absolute atomic E-state index is 0.0996. The molecule has 12 heteroatoms. The zero-order chi connectivity index (χ0) is 29.3. The van der Waals surface area contributed by atoms with Crippen molar-refractivity contribution in [1.29, 1.82) is 0 Å². The van der Waals surface area contributed by atoms with Gasteiger partial charge in [-0.05, 0) is 49.4 Å². The van der Waals surface area contributed by atoms with E-state index in [-0.39, 0.29) is 24.1 Å². The van der Waals surface area contributed by atoms with Gasteiger partial charge in [0.2, 0.25) is 11.8 Å². The van der Waals surface area contributed by atoms with E-state index in [1.165, 1.54) is 35.0 Å². The standard InChI is InChI=1S/C29H40B4N4O4/c30-22-24(32)27(39)25(33)23(31)26(22)36-14-12-35(13-15-36)11-4-2-1-3-6-17-7-5-8-18-19(17)16-37(29(18)41)20-9-10-21(38)34-28(20)40/h5,7-8,20,39H,1-4,6,9-16,30-33H2,(H,34,38,40). The highest BCUT2D eigenvalue weighted by atomic mass is 16.3. The maximum atomic E-state index is 13.1. The summed E-state index contributed by atoms with van der Waals surface area (Å²) in [5, 5.41) is 12.8. The number of hydrogen-bond donors (Lipinski definition) is 2. The second-order valence-electron chi connectivity index (χ2n) is 12.0. The Morgan fingerprint density at radius 2 is 1.56 bits per heavy atom. The third-order valence-electron chi connectivity index (χ3n) is 9.58. The maximum Gasteiger partial charge on any atom is 0.255 e. The quantitative estimate of drug-likeness (QED) is 0.188. The van der Waals surface area contributed by atoms with Gasteiger partial charge in [0.15, 0.2) is 0 Å². The van der Waals surface area contributed by atoms with Crippen molar-refractivity contribution in [2.24, 2.45) is 0 Å². The molecule has 2 fully saturated rings. The molecule has 5 rings (SSSR count). The number of unbranched alkanes of at least 4 members (excludes halogenated alkanes) is 3. The van der Waals surface area contributed by atoms with E-state index in [1.807, 2.05) is 27.8 Å². The van der Waals surface area contributed by atoms with E-state index < -0.39 is 6.04 Å². The van der Waals surface area contributed by atoms with E-state index in [4.69, 9.17) is 0 Å². The number of phenolic OH excluding ortho intramolecular Hbond substituents is 1. The number of aryl methyl sites for hydroxylation is 1. The molecule has 3 amide bonds. The Hall–Kier alpha value is -3.13. The molecular weight excluding hydrogens is 512 g/mol. The van der Waals surface area contributed by atoms with Gasteiger partial charge in [0.25, 0.3) is 5.91 Å². The van der Waals surface area contributed by atoms with Gasteiger partial charge in [-0.3, -0.25) is 24.6 Å². The molecule has 0 spiro atoms. The summed E-state index contributed by atoms with van der Waals surface area (Å²) in [5.41, 5.74) is 8.61. The number of nitrogens with zero attached hydrogens (tertiary/aromatic N) is 3. The SMILES string of the molecule is Bc1c(B)c(N2CCN(CCCCCCc3cccc4c3CN(C3CCC(=O)NC3=O)C4=O)CC2)c(B)c(B)c1O. The lowest BCUT2D eigenvalue weighted by atomic mass is 9.68. The lowest BCUT2D eigenvalue weighted by molar-refractivity contribution is -0.136. The van der Waals surface area contributed by atoms with Gasteiger partial charge in [-0.1, -0.05) is 46.8 Å². The highest BCUT2D eigenvalue weighted by Gasteiger charge is 2.39. The van der Waals surface area contributed by atoms with Crippen LogP contribution in [0.2, 0.25) is 0 Å². The molecule has 1 unspecified atom stereocenters. The second-order valence-corrected chi connectivity index (χ2v) is 12.0. The largest absolute Gasteiger partial charge is 0.509 e. The number of fused-ring (bicyclic) bond motifs is 1. The first-order valence-electron chi connectivity index (χ1n) is 15.2. The summed E-state index contributed by atoms with van der Waals surface area (Å²) in [7, 11) is 8.27. The number of carbonyl (C=O) groups excluding carboxylic acids is 3. The van der Waals surface area contributed by atoms with Gasteiger partial charge in [-0.15, -0.1) is 0 Å². The van der Waals surface area contributed by atoms with Crippen LogP contribution < -0.4 is 32.1 Å². The topological polar surface area (TPSA) is 93.2 Å². The highest BCUT2D eigenvalue weighted by molar-refractivity contribution is 6.61. The second kappa shape index (κ2) is 12.4. The molecule has 41 heavy (non-hydrogen) atoms. The number of phenols is 1. The van der Waals surface area contributed by atoms with Gasteiger partial charge < -0.3 is 14.9 Å². The molecule has 1 atom stereocenters. The van der Waals surface area contributed by atoms with E-state index in [0.717, 1.165) is 68.5 Å². The summed E-state index contributed by atoms with van der Waals surface area (Å²) in [5.74, 6) is -0.289. The molecule has 0 radical (unpaired) electrons. The Morgan fingerprint density at radius 1 is 0.878 bits per heavy atom. The molecule has 3 aliphatic heterocycles. The van der Waals surface area contributed by atoms with Crippen LogP contribution in [-0.2, 0) is 22.6 Å². The van der Waals surface area contributed by atoms with Crippen LogP contribution in [-0.4, -0.2) is 103 Å². The number of piperidine rings is 1. The van der Waals surface area contributed by atoms with Crippen LogP contribution in [0.25, 0.3) is 0 Å². The normalized spacial score (nSPS) is 19.5.